The molecule has 0 unspecified atom stereocenters. The van der Waals surface area contributed by atoms with Crippen LogP contribution in [0.5, 0.6) is 0 Å². The van der Waals surface area contributed by atoms with Crippen LogP contribution < -0.4 is 10.6 Å². The lowest BCUT2D eigenvalue weighted by atomic mass is 9.82. The summed E-state index contributed by atoms with van der Waals surface area (Å²) in [6.07, 6.45) is 2.53. The van der Waals surface area contributed by atoms with Crippen molar-refractivity contribution in [3.63, 3.8) is 0 Å². The van der Waals surface area contributed by atoms with Gasteiger partial charge in [0.2, 0.25) is 0 Å². The SMILES string of the molecule is C[C@H](N)c1ccc(N2CCC(C)(C)CC2)cc1Br. The van der Waals surface area contributed by atoms with Gasteiger partial charge in [0.1, 0.15) is 0 Å². The van der Waals surface area contributed by atoms with E-state index in [9.17, 15) is 0 Å². The molecule has 2 rings (SSSR count). The second-order valence-corrected chi connectivity index (χ2v) is 7.00. The van der Waals surface area contributed by atoms with E-state index < -0.39 is 0 Å². The zero-order valence-corrected chi connectivity index (χ0v) is 13.1. The van der Waals surface area contributed by atoms with Crippen LogP contribution in [0.3, 0.4) is 0 Å². The molecule has 1 heterocycles. The van der Waals surface area contributed by atoms with Gasteiger partial charge in [0.25, 0.3) is 0 Å². The fourth-order valence-electron chi connectivity index (χ4n) is 2.45. The van der Waals surface area contributed by atoms with E-state index in [0.717, 1.165) is 17.6 Å². The van der Waals surface area contributed by atoms with E-state index in [1.807, 2.05) is 6.92 Å². The summed E-state index contributed by atoms with van der Waals surface area (Å²) in [5.74, 6) is 0. The maximum absolute atomic E-state index is 5.94. The van der Waals surface area contributed by atoms with Gasteiger partial charge in [0, 0.05) is 29.3 Å². The second kappa shape index (κ2) is 5.22. The van der Waals surface area contributed by atoms with E-state index in [2.05, 4.69) is 52.9 Å². The maximum atomic E-state index is 5.94. The van der Waals surface area contributed by atoms with Gasteiger partial charge in [-0.05, 0) is 42.9 Å². The van der Waals surface area contributed by atoms with Crippen LogP contribution in [0.25, 0.3) is 0 Å². The number of rotatable bonds is 2. The van der Waals surface area contributed by atoms with Crippen molar-refractivity contribution in [2.24, 2.45) is 11.1 Å². The predicted molar refractivity (Wildman–Crippen MR) is 82.0 cm³/mol. The molecule has 0 aliphatic carbocycles. The molecule has 1 aliphatic rings. The Morgan fingerprint density at radius 2 is 1.89 bits per heavy atom. The molecule has 2 nitrogen and oxygen atoms in total. The molecule has 1 aliphatic heterocycles. The van der Waals surface area contributed by atoms with E-state index >= 15 is 0 Å². The molecule has 1 aromatic rings. The Morgan fingerprint density at radius 1 is 1.28 bits per heavy atom. The van der Waals surface area contributed by atoms with E-state index in [1.165, 1.54) is 24.1 Å². The smallest absolute Gasteiger partial charge is 0.0377 e. The number of halogens is 1. The van der Waals surface area contributed by atoms with Crippen molar-refractivity contribution in [1.29, 1.82) is 0 Å². The third-order valence-electron chi connectivity index (χ3n) is 3.96. The highest BCUT2D eigenvalue weighted by Gasteiger charge is 2.25. The van der Waals surface area contributed by atoms with Crippen LogP contribution in [0.4, 0.5) is 5.69 Å². The monoisotopic (exact) mass is 310 g/mol. The zero-order valence-electron chi connectivity index (χ0n) is 11.5. The van der Waals surface area contributed by atoms with Crippen LogP contribution in [0.15, 0.2) is 22.7 Å². The van der Waals surface area contributed by atoms with Crippen molar-refractivity contribution in [2.75, 3.05) is 18.0 Å². The lowest BCUT2D eigenvalue weighted by molar-refractivity contribution is 0.280. The van der Waals surface area contributed by atoms with Crippen molar-refractivity contribution in [1.82, 2.24) is 0 Å². The van der Waals surface area contributed by atoms with Gasteiger partial charge in [0.15, 0.2) is 0 Å². The van der Waals surface area contributed by atoms with Crippen molar-refractivity contribution in [3.8, 4) is 0 Å². The van der Waals surface area contributed by atoms with Gasteiger partial charge in [-0.15, -0.1) is 0 Å². The molecule has 2 N–H and O–H groups in total. The molecular weight excluding hydrogens is 288 g/mol. The first-order valence-corrected chi connectivity index (χ1v) is 7.48. The van der Waals surface area contributed by atoms with Gasteiger partial charge in [-0.2, -0.15) is 0 Å². The molecule has 0 saturated carbocycles. The zero-order chi connectivity index (χ0) is 13.3. The fourth-order valence-corrected chi connectivity index (χ4v) is 3.18. The van der Waals surface area contributed by atoms with Gasteiger partial charge in [0.05, 0.1) is 0 Å². The van der Waals surface area contributed by atoms with Crippen molar-refractivity contribution in [2.45, 2.75) is 39.7 Å². The van der Waals surface area contributed by atoms with Crippen molar-refractivity contribution < 1.29 is 0 Å². The number of nitrogens with two attached hydrogens (primary N) is 1. The van der Waals surface area contributed by atoms with E-state index in [4.69, 9.17) is 5.73 Å². The molecule has 0 amide bonds. The van der Waals surface area contributed by atoms with Gasteiger partial charge < -0.3 is 10.6 Å². The maximum Gasteiger partial charge on any atom is 0.0377 e. The summed E-state index contributed by atoms with van der Waals surface area (Å²) in [6, 6.07) is 6.62. The predicted octanol–water partition coefficient (Wildman–Crippen LogP) is 4.10. The Hall–Kier alpha value is -0.540. The van der Waals surface area contributed by atoms with Gasteiger partial charge in [-0.3, -0.25) is 0 Å². The van der Waals surface area contributed by atoms with Crippen LogP contribution in [0, 0.1) is 5.41 Å². The molecule has 1 fully saturated rings. The second-order valence-electron chi connectivity index (χ2n) is 6.15. The summed E-state index contributed by atoms with van der Waals surface area (Å²) in [5, 5.41) is 0. The quantitative estimate of drug-likeness (QED) is 0.891. The highest BCUT2D eigenvalue weighted by molar-refractivity contribution is 9.10. The van der Waals surface area contributed by atoms with E-state index in [0.29, 0.717) is 5.41 Å². The van der Waals surface area contributed by atoms with Gasteiger partial charge in [-0.1, -0.05) is 35.8 Å². The van der Waals surface area contributed by atoms with Crippen LogP contribution in [0.1, 0.15) is 45.2 Å². The normalized spacial score (nSPS) is 20.8. The first-order valence-electron chi connectivity index (χ1n) is 6.69. The lowest BCUT2D eigenvalue weighted by Crippen LogP contribution is -2.37. The molecule has 0 spiro atoms. The molecule has 18 heavy (non-hydrogen) atoms. The Morgan fingerprint density at radius 3 is 2.39 bits per heavy atom. The average Bonchev–Trinajstić information content (AvgIpc) is 2.28. The minimum absolute atomic E-state index is 0.0775. The topological polar surface area (TPSA) is 29.3 Å². The first-order chi connectivity index (χ1) is 8.39. The molecule has 1 saturated heterocycles. The lowest BCUT2D eigenvalue weighted by Gasteiger charge is -2.38. The molecule has 3 heteroatoms. The Labute approximate surface area is 119 Å². The number of piperidine rings is 1. The highest BCUT2D eigenvalue weighted by atomic mass is 79.9. The molecule has 0 radical (unpaired) electrons. The van der Waals surface area contributed by atoms with Crippen LogP contribution in [-0.4, -0.2) is 13.1 Å². The summed E-state index contributed by atoms with van der Waals surface area (Å²) in [5.41, 5.74) is 8.92. The van der Waals surface area contributed by atoms with Crippen LogP contribution in [-0.2, 0) is 0 Å². The third-order valence-corrected chi connectivity index (χ3v) is 4.64. The summed E-state index contributed by atoms with van der Waals surface area (Å²) in [6.45, 7) is 9.04. The van der Waals surface area contributed by atoms with Gasteiger partial charge >= 0.3 is 0 Å². The van der Waals surface area contributed by atoms with E-state index in [-0.39, 0.29) is 6.04 Å². The number of benzene rings is 1. The largest absolute Gasteiger partial charge is 0.371 e. The van der Waals surface area contributed by atoms with Gasteiger partial charge in [-0.25, -0.2) is 0 Å². The Bertz CT molecular complexity index is 417. The number of anilines is 1. The summed E-state index contributed by atoms with van der Waals surface area (Å²) >= 11 is 3.63. The minimum Gasteiger partial charge on any atom is -0.371 e. The number of hydrogen-bond acceptors (Lipinski definition) is 2. The first kappa shape index (κ1) is 13.9. The van der Waals surface area contributed by atoms with Crippen LogP contribution in [0.2, 0.25) is 0 Å². The minimum atomic E-state index is 0.0775. The number of hydrogen-bond donors (Lipinski definition) is 1. The average molecular weight is 311 g/mol. The third kappa shape index (κ3) is 3.07. The standard InChI is InChI=1S/C15H23BrN2/c1-11(17)13-5-4-12(10-14(13)16)18-8-6-15(2,3)7-9-18/h4-5,10-11H,6-9,17H2,1-3H3/t11-/m0/s1. The summed E-state index contributed by atoms with van der Waals surface area (Å²) < 4.78 is 1.12. The number of nitrogens with zero attached hydrogens (tertiary/aromatic N) is 1. The Kier molecular flexibility index (Phi) is 4.02. The molecule has 1 atom stereocenters. The molecule has 0 aromatic heterocycles. The molecule has 0 bridgehead atoms. The molecule has 1 aromatic carbocycles. The highest BCUT2D eigenvalue weighted by Crippen LogP contribution is 2.34. The fraction of sp³-hybridized carbons (Fsp3) is 0.600. The Balaban J connectivity index is 2.13. The van der Waals surface area contributed by atoms with Crippen molar-refractivity contribution in [3.05, 3.63) is 28.2 Å². The van der Waals surface area contributed by atoms with E-state index in [1.54, 1.807) is 0 Å². The summed E-state index contributed by atoms with van der Waals surface area (Å²) in [7, 11) is 0. The van der Waals surface area contributed by atoms with Crippen molar-refractivity contribution >= 4 is 21.6 Å². The molecular formula is C15H23BrN2. The van der Waals surface area contributed by atoms with Crippen LogP contribution >= 0.6 is 15.9 Å². The summed E-state index contributed by atoms with van der Waals surface area (Å²) in [4.78, 5) is 2.47. The molecule has 100 valence electrons.